The van der Waals surface area contributed by atoms with Gasteiger partial charge in [-0.1, -0.05) is 30.9 Å². The largest absolute Gasteiger partial charge is 0.301 e. The predicted molar refractivity (Wildman–Crippen MR) is 62.1 cm³/mol. The van der Waals surface area contributed by atoms with Gasteiger partial charge in [0.2, 0.25) is 0 Å². The predicted octanol–water partition coefficient (Wildman–Crippen LogP) is 1.83. The number of allylic oxidation sites excluding steroid dienone is 3. The highest BCUT2D eigenvalue weighted by atomic mass is 15.1. The van der Waals surface area contributed by atoms with Crippen LogP contribution in [0.1, 0.15) is 13.8 Å². The molecular formula is C12H20N2. The first-order valence-electron chi connectivity index (χ1n) is 5.08. The molecule has 0 aromatic carbocycles. The molecule has 1 saturated heterocycles. The summed E-state index contributed by atoms with van der Waals surface area (Å²) in [6.07, 6.45) is 4.50. The minimum absolute atomic E-state index is 0.421. The first-order valence-corrected chi connectivity index (χ1v) is 5.08. The van der Waals surface area contributed by atoms with Crippen LogP contribution < -0.4 is 10.6 Å². The van der Waals surface area contributed by atoms with Gasteiger partial charge in [0.25, 0.3) is 0 Å². The molecule has 2 nitrogen and oxygen atoms in total. The van der Waals surface area contributed by atoms with Gasteiger partial charge in [0.05, 0.1) is 6.17 Å². The van der Waals surface area contributed by atoms with Crippen LogP contribution in [0.5, 0.6) is 0 Å². The van der Waals surface area contributed by atoms with Crippen LogP contribution in [0.4, 0.5) is 0 Å². The van der Waals surface area contributed by atoms with Gasteiger partial charge in [0, 0.05) is 19.0 Å². The number of nitrogens with one attached hydrogen (secondary N) is 2. The van der Waals surface area contributed by atoms with Crippen LogP contribution in [0, 0.1) is 5.92 Å². The molecule has 1 aliphatic rings. The monoisotopic (exact) mass is 192 g/mol. The average Bonchev–Trinajstić information content (AvgIpc) is 2.15. The molecule has 0 unspecified atom stereocenters. The fourth-order valence-corrected chi connectivity index (χ4v) is 1.43. The lowest BCUT2D eigenvalue weighted by Gasteiger charge is -2.29. The Kier molecular flexibility index (Phi) is 4.11. The summed E-state index contributed by atoms with van der Waals surface area (Å²) in [6.45, 7) is 14.0. The average molecular weight is 192 g/mol. The zero-order valence-electron chi connectivity index (χ0n) is 9.14. The Morgan fingerprint density at radius 3 is 2.29 bits per heavy atom. The highest BCUT2D eigenvalue weighted by molar-refractivity contribution is 5.25. The van der Waals surface area contributed by atoms with Gasteiger partial charge in [-0.2, -0.15) is 0 Å². The fraction of sp³-hybridized carbons (Fsp3) is 0.500. The maximum absolute atomic E-state index is 4.07. The summed E-state index contributed by atoms with van der Waals surface area (Å²) in [5.41, 5.74) is 2.23. The standard InChI is InChI=1S/C12H20N2/c1-9(2)5-6-10(3)12-7-13-11(4)14-8-12/h5-6,11-14H,1,3,7-8H2,2,4H3/b6-5-. The van der Waals surface area contributed by atoms with Crippen molar-refractivity contribution in [3.63, 3.8) is 0 Å². The van der Waals surface area contributed by atoms with E-state index in [1.54, 1.807) is 0 Å². The minimum atomic E-state index is 0.421. The van der Waals surface area contributed by atoms with Crippen LogP contribution in [0.25, 0.3) is 0 Å². The van der Waals surface area contributed by atoms with Crippen molar-refractivity contribution in [1.29, 1.82) is 0 Å². The van der Waals surface area contributed by atoms with Crippen LogP contribution >= 0.6 is 0 Å². The van der Waals surface area contributed by atoms with Gasteiger partial charge < -0.3 is 10.6 Å². The van der Waals surface area contributed by atoms with E-state index in [2.05, 4.69) is 36.8 Å². The van der Waals surface area contributed by atoms with E-state index in [0.717, 1.165) is 18.7 Å². The molecule has 0 saturated carbocycles. The van der Waals surface area contributed by atoms with E-state index in [0.29, 0.717) is 12.1 Å². The van der Waals surface area contributed by atoms with Gasteiger partial charge >= 0.3 is 0 Å². The van der Waals surface area contributed by atoms with Crippen molar-refractivity contribution in [3.8, 4) is 0 Å². The molecule has 2 N–H and O–H groups in total. The van der Waals surface area contributed by atoms with Gasteiger partial charge in [-0.25, -0.2) is 0 Å². The summed E-state index contributed by atoms with van der Waals surface area (Å²) in [7, 11) is 0. The zero-order valence-corrected chi connectivity index (χ0v) is 9.14. The van der Waals surface area contributed by atoms with Crippen molar-refractivity contribution in [3.05, 3.63) is 36.5 Å². The Morgan fingerprint density at radius 2 is 1.79 bits per heavy atom. The lowest BCUT2D eigenvalue weighted by molar-refractivity contribution is 0.340. The number of hydrogen-bond donors (Lipinski definition) is 2. The van der Waals surface area contributed by atoms with Crippen molar-refractivity contribution in [2.24, 2.45) is 5.92 Å². The van der Waals surface area contributed by atoms with Crippen molar-refractivity contribution in [2.45, 2.75) is 20.0 Å². The number of hydrogen-bond acceptors (Lipinski definition) is 2. The molecule has 0 radical (unpaired) electrons. The smallest absolute Gasteiger partial charge is 0.0542 e. The third kappa shape index (κ3) is 3.48. The molecule has 1 heterocycles. The van der Waals surface area contributed by atoms with Crippen LogP contribution in [0.3, 0.4) is 0 Å². The Hall–Kier alpha value is -0.860. The molecule has 0 bridgehead atoms. The highest BCUT2D eigenvalue weighted by Crippen LogP contribution is 2.12. The Bertz CT molecular complexity index is 245. The zero-order chi connectivity index (χ0) is 10.6. The highest BCUT2D eigenvalue weighted by Gasteiger charge is 2.17. The van der Waals surface area contributed by atoms with Gasteiger partial charge in [-0.05, 0) is 19.4 Å². The molecule has 1 aliphatic heterocycles. The van der Waals surface area contributed by atoms with E-state index >= 15 is 0 Å². The van der Waals surface area contributed by atoms with E-state index in [1.165, 1.54) is 5.57 Å². The van der Waals surface area contributed by atoms with E-state index in [9.17, 15) is 0 Å². The molecule has 0 aliphatic carbocycles. The summed E-state index contributed by atoms with van der Waals surface area (Å²) < 4.78 is 0. The summed E-state index contributed by atoms with van der Waals surface area (Å²) in [5, 5.41) is 6.74. The van der Waals surface area contributed by atoms with Crippen LogP contribution in [-0.2, 0) is 0 Å². The number of rotatable bonds is 3. The normalized spacial score (nSPS) is 27.9. The third-order valence-electron chi connectivity index (χ3n) is 2.45. The second-order valence-corrected chi connectivity index (χ2v) is 3.99. The molecule has 14 heavy (non-hydrogen) atoms. The van der Waals surface area contributed by atoms with E-state index in [4.69, 9.17) is 0 Å². The summed E-state index contributed by atoms with van der Waals surface area (Å²) in [4.78, 5) is 0. The molecule has 0 aromatic heterocycles. The quantitative estimate of drug-likeness (QED) is 0.667. The van der Waals surface area contributed by atoms with Gasteiger partial charge in [-0.3, -0.25) is 0 Å². The second-order valence-electron chi connectivity index (χ2n) is 3.99. The van der Waals surface area contributed by atoms with Crippen molar-refractivity contribution in [1.82, 2.24) is 10.6 Å². The minimum Gasteiger partial charge on any atom is -0.301 e. The molecular weight excluding hydrogens is 172 g/mol. The van der Waals surface area contributed by atoms with Gasteiger partial charge in [0.1, 0.15) is 0 Å². The van der Waals surface area contributed by atoms with Crippen LogP contribution in [0.15, 0.2) is 36.5 Å². The first-order chi connectivity index (χ1) is 6.59. The van der Waals surface area contributed by atoms with Crippen molar-refractivity contribution in [2.75, 3.05) is 13.1 Å². The maximum Gasteiger partial charge on any atom is 0.0542 e. The van der Waals surface area contributed by atoms with Gasteiger partial charge in [-0.15, -0.1) is 0 Å². The van der Waals surface area contributed by atoms with Crippen molar-refractivity contribution >= 4 is 0 Å². The molecule has 1 fully saturated rings. The Morgan fingerprint density at radius 1 is 1.21 bits per heavy atom. The molecule has 0 amide bonds. The van der Waals surface area contributed by atoms with Crippen LogP contribution in [0.2, 0.25) is 0 Å². The molecule has 0 atom stereocenters. The molecule has 2 heteroatoms. The van der Waals surface area contributed by atoms with Crippen LogP contribution in [-0.4, -0.2) is 19.3 Å². The summed E-state index contributed by atoms with van der Waals surface area (Å²) >= 11 is 0. The Balaban J connectivity index is 2.42. The first kappa shape index (κ1) is 11.2. The molecule has 78 valence electrons. The second kappa shape index (κ2) is 5.13. The van der Waals surface area contributed by atoms with E-state index in [-0.39, 0.29) is 0 Å². The Labute approximate surface area is 86.8 Å². The SMILES string of the molecule is C=C(C)/C=C\C(=C)C1CNC(C)NC1. The maximum atomic E-state index is 4.07. The van der Waals surface area contributed by atoms with Crippen molar-refractivity contribution < 1.29 is 0 Å². The lowest BCUT2D eigenvalue weighted by atomic mass is 9.97. The molecule has 1 rings (SSSR count). The topological polar surface area (TPSA) is 24.1 Å². The third-order valence-corrected chi connectivity index (χ3v) is 2.45. The summed E-state index contributed by atoms with van der Waals surface area (Å²) in [6, 6.07) is 0. The summed E-state index contributed by atoms with van der Waals surface area (Å²) in [5.74, 6) is 0.502. The molecule has 0 spiro atoms. The van der Waals surface area contributed by atoms with Gasteiger partial charge in [0.15, 0.2) is 0 Å². The van der Waals surface area contributed by atoms with E-state index < -0.39 is 0 Å². The molecule has 0 aromatic rings. The fourth-order valence-electron chi connectivity index (χ4n) is 1.43. The lowest BCUT2D eigenvalue weighted by Crippen LogP contribution is -2.51. The van der Waals surface area contributed by atoms with E-state index in [1.807, 2.05) is 13.0 Å².